The molecule has 6 bridgehead atoms. The summed E-state index contributed by atoms with van der Waals surface area (Å²) in [5, 5.41) is 12.0. The fourth-order valence-corrected chi connectivity index (χ4v) is 6.84. The quantitative estimate of drug-likeness (QED) is 0.515. The van der Waals surface area contributed by atoms with Crippen molar-refractivity contribution in [2.24, 2.45) is 5.41 Å². The molecule has 0 atom stereocenters. The van der Waals surface area contributed by atoms with Gasteiger partial charge < -0.3 is 20.2 Å². The van der Waals surface area contributed by atoms with E-state index in [0.717, 1.165) is 25.7 Å². The summed E-state index contributed by atoms with van der Waals surface area (Å²) in [6.07, 6.45) is 5.12. The summed E-state index contributed by atoms with van der Waals surface area (Å²) in [5.74, 6) is 0.363. The predicted molar refractivity (Wildman–Crippen MR) is 152 cm³/mol. The number of pyridine rings is 1. The molecular weight excluding hydrogens is 521 g/mol. The van der Waals surface area contributed by atoms with Crippen LogP contribution in [0.5, 0.6) is 0 Å². The molecule has 1 amide bonds. The van der Waals surface area contributed by atoms with Gasteiger partial charge >= 0.3 is 0 Å². The van der Waals surface area contributed by atoms with Gasteiger partial charge in [0.05, 0.1) is 29.3 Å². The SMILES string of the molecule is CC12CCCC3(F)CCN(CC3)c3cccc(n3)NC(=O)c3ccc(NS(=O)(=O)CCO)cc3N(CC1)CC2. The smallest absolute Gasteiger partial charge is 0.258 e. The largest absolute Gasteiger partial charge is 0.395 e. The van der Waals surface area contributed by atoms with Crippen LogP contribution < -0.4 is 19.8 Å². The Morgan fingerprint density at radius 1 is 1.03 bits per heavy atom. The van der Waals surface area contributed by atoms with E-state index in [9.17, 15) is 13.2 Å². The van der Waals surface area contributed by atoms with Crippen molar-refractivity contribution in [2.75, 3.05) is 58.4 Å². The van der Waals surface area contributed by atoms with Crippen molar-refractivity contribution < 1.29 is 22.7 Å². The standard InChI is InChI=1S/C28H38FN5O4S/c1-27-8-3-9-28(29)12-16-34(17-13-28)25-5-2-4-24(30-25)31-26(36)22-7-6-21(32-39(37,38)19-18-35)20-23(22)33(14-10-27)15-11-27/h2,4-7,20,32,35H,3,8-19H2,1H3,(H,30,31,36). The molecule has 2 aromatic rings. The fraction of sp³-hybridized carbons (Fsp3) is 0.571. The number of carbonyl (C=O) groups is 1. The third-order valence-electron chi connectivity index (χ3n) is 8.55. The number of sulfonamides is 1. The molecular formula is C28H38FN5O4S. The highest BCUT2D eigenvalue weighted by Gasteiger charge is 2.37. The van der Waals surface area contributed by atoms with Crippen LogP contribution in [-0.4, -0.2) is 68.6 Å². The van der Waals surface area contributed by atoms with E-state index >= 15 is 4.39 Å². The number of carbonyl (C=O) groups excluding carboxylic acids is 1. The number of benzene rings is 1. The zero-order chi connectivity index (χ0) is 27.7. The summed E-state index contributed by atoms with van der Waals surface area (Å²) in [4.78, 5) is 22.4. The van der Waals surface area contributed by atoms with Gasteiger partial charge in [-0.3, -0.25) is 9.52 Å². The number of hydrogen-bond acceptors (Lipinski definition) is 7. The Labute approximate surface area is 229 Å². The van der Waals surface area contributed by atoms with E-state index in [1.165, 1.54) is 0 Å². The Morgan fingerprint density at radius 2 is 1.74 bits per heavy atom. The van der Waals surface area contributed by atoms with Gasteiger partial charge in [-0.2, -0.15) is 0 Å². The molecule has 8 rings (SSSR count). The van der Waals surface area contributed by atoms with Gasteiger partial charge in [0, 0.05) is 26.2 Å². The lowest BCUT2D eigenvalue weighted by atomic mass is 9.75. The van der Waals surface area contributed by atoms with Crippen LogP contribution >= 0.6 is 0 Å². The number of aliphatic hydroxyl groups is 1. The van der Waals surface area contributed by atoms with Crippen LogP contribution in [-0.2, 0) is 10.0 Å². The normalized spacial score (nSPS) is 26.0. The first-order valence-electron chi connectivity index (χ1n) is 13.8. The molecule has 0 radical (unpaired) electrons. The number of rotatable bonds is 4. The van der Waals surface area contributed by atoms with E-state index in [-0.39, 0.29) is 11.3 Å². The molecule has 3 N–H and O–H groups in total. The molecule has 6 aliphatic heterocycles. The molecule has 9 nitrogen and oxygen atoms in total. The fourth-order valence-electron chi connectivity index (χ4n) is 6.01. The van der Waals surface area contributed by atoms with Gasteiger partial charge in [0.2, 0.25) is 10.0 Å². The second-order valence-electron chi connectivity index (χ2n) is 11.5. The van der Waals surface area contributed by atoms with Crippen LogP contribution in [0.15, 0.2) is 36.4 Å². The number of nitrogens with one attached hydrogen (secondary N) is 2. The molecule has 2 fully saturated rings. The molecule has 212 valence electrons. The lowest BCUT2D eigenvalue weighted by molar-refractivity contribution is 0.100. The summed E-state index contributed by atoms with van der Waals surface area (Å²) >= 11 is 0. The minimum Gasteiger partial charge on any atom is -0.395 e. The van der Waals surface area contributed by atoms with E-state index in [1.807, 2.05) is 12.1 Å². The van der Waals surface area contributed by atoms with Gasteiger partial charge in [-0.25, -0.2) is 17.8 Å². The van der Waals surface area contributed by atoms with E-state index in [2.05, 4.69) is 31.7 Å². The van der Waals surface area contributed by atoms with Crippen molar-refractivity contribution in [1.29, 1.82) is 0 Å². The number of anilines is 4. The third-order valence-corrected chi connectivity index (χ3v) is 9.82. The number of halogens is 1. The van der Waals surface area contributed by atoms with Crippen molar-refractivity contribution in [2.45, 2.75) is 57.5 Å². The van der Waals surface area contributed by atoms with Crippen molar-refractivity contribution >= 4 is 38.9 Å². The minimum atomic E-state index is -3.72. The number of piperidine rings is 2. The monoisotopic (exact) mass is 559 g/mol. The average Bonchev–Trinajstić information content (AvgIpc) is 2.89. The number of amides is 1. The zero-order valence-corrected chi connectivity index (χ0v) is 23.3. The van der Waals surface area contributed by atoms with Crippen LogP contribution in [0.4, 0.5) is 27.4 Å². The lowest BCUT2D eigenvalue weighted by Gasteiger charge is -2.42. The van der Waals surface area contributed by atoms with Crippen molar-refractivity contribution in [3.63, 3.8) is 0 Å². The van der Waals surface area contributed by atoms with Crippen LogP contribution in [0.2, 0.25) is 0 Å². The van der Waals surface area contributed by atoms with E-state index in [0.29, 0.717) is 74.0 Å². The molecule has 0 saturated carbocycles. The van der Waals surface area contributed by atoms with Crippen LogP contribution in [0.3, 0.4) is 0 Å². The highest BCUT2D eigenvalue weighted by Crippen LogP contribution is 2.41. The first kappa shape index (κ1) is 27.6. The Hall–Kier alpha value is -2.92. The molecule has 1 aromatic carbocycles. The Kier molecular flexibility index (Phi) is 7.74. The molecule has 11 heteroatoms. The van der Waals surface area contributed by atoms with Crippen LogP contribution in [0, 0.1) is 5.41 Å². The van der Waals surface area contributed by atoms with Crippen molar-refractivity contribution in [3.8, 4) is 0 Å². The number of aliphatic hydroxyl groups excluding tert-OH is 1. The van der Waals surface area contributed by atoms with Crippen LogP contribution in [0.25, 0.3) is 0 Å². The molecule has 0 unspecified atom stereocenters. The Bertz CT molecular complexity index is 1300. The van der Waals surface area contributed by atoms with E-state index in [1.54, 1.807) is 24.3 Å². The first-order chi connectivity index (χ1) is 18.6. The number of nitrogens with zero attached hydrogens (tertiary/aromatic N) is 3. The van der Waals surface area contributed by atoms with Gasteiger partial charge in [-0.05, 0) is 80.7 Å². The van der Waals surface area contributed by atoms with Crippen molar-refractivity contribution in [1.82, 2.24) is 4.98 Å². The van der Waals surface area contributed by atoms with E-state index in [4.69, 9.17) is 5.11 Å². The molecule has 2 saturated heterocycles. The second kappa shape index (κ2) is 10.9. The number of hydrogen-bond donors (Lipinski definition) is 3. The summed E-state index contributed by atoms with van der Waals surface area (Å²) in [7, 11) is -3.72. The van der Waals surface area contributed by atoms with Gasteiger partial charge in [-0.1, -0.05) is 13.0 Å². The third kappa shape index (κ3) is 6.46. The lowest BCUT2D eigenvalue weighted by Crippen LogP contribution is -2.43. The summed E-state index contributed by atoms with van der Waals surface area (Å²) in [6, 6.07) is 10.3. The molecule has 1 aromatic heterocycles. The maximum absolute atomic E-state index is 15.7. The van der Waals surface area contributed by atoms with Gasteiger partial charge in [0.1, 0.15) is 17.3 Å². The Balaban J connectivity index is 1.49. The molecule has 0 aliphatic carbocycles. The van der Waals surface area contributed by atoms with Gasteiger partial charge in [-0.15, -0.1) is 0 Å². The summed E-state index contributed by atoms with van der Waals surface area (Å²) in [6.45, 7) is 4.36. The van der Waals surface area contributed by atoms with Gasteiger partial charge in [0.25, 0.3) is 5.91 Å². The van der Waals surface area contributed by atoms with Gasteiger partial charge in [0.15, 0.2) is 0 Å². The number of aromatic nitrogens is 1. The highest BCUT2D eigenvalue weighted by atomic mass is 32.2. The molecule has 6 aliphatic rings. The topological polar surface area (TPSA) is 115 Å². The first-order valence-corrected chi connectivity index (χ1v) is 15.5. The summed E-state index contributed by atoms with van der Waals surface area (Å²) in [5.41, 5.74) is 0.341. The predicted octanol–water partition coefficient (Wildman–Crippen LogP) is 4.17. The maximum atomic E-state index is 15.7. The molecule has 39 heavy (non-hydrogen) atoms. The number of alkyl halides is 1. The summed E-state index contributed by atoms with van der Waals surface area (Å²) < 4.78 is 42.8. The van der Waals surface area contributed by atoms with Crippen molar-refractivity contribution in [3.05, 3.63) is 42.0 Å². The maximum Gasteiger partial charge on any atom is 0.258 e. The van der Waals surface area contributed by atoms with Crippen LogP contribution in [0.1, 0.15) is 62.2 Å². The minimum absolute atomic E-state index is 0.0864. The second-order valence-corrected chi connectivity index (χ2v) is 13.3. The average molecular weight is 560 g/mol. The zero-order valence-electron chi connectivity index (χ0n) is 22.5. The molecule has 7 heterocycles. The van der Waals surface area contributed by atoms with E-state index < -0.39 is 28.1 Å². The Morgan fingerprint density at radius 3 is 2.46 bits per heavy atom. The molecule has 0 spiro atoms. The highest BCUT2D eigenvalue weighted by molar-refractivity contribution is 7.92.